The second-order valence-electron chi connectivity index (χ2n) is 8.28. The van der Waals surface area contributed by atoms with E-state index < -0.39 is 0 Å². The molecule has 2 nitrogen and oxygen atoms in total. The van der Waals surface area contributed by atoms with Crippen LogP contribution in [0.5, 0.6) is 5.75 Å². The Kier molecular flexibility index (Phi) is 8.10. The van der Waals surface area contributed by atoms with E-state index in [4.69, 9.17) is 4.74 Å². The molecule has 0 unspecified atom stereocenters. The van der Waals surface area contributed by atoms with Gasteiger partial charge in [0, 0.05) is 0 Å². The van der Waals surface area contributed by atoms with Gasteiger partial charge in [0.25, 0.3) is 0 Å². The first-order valence-electron chi connectivity index (χ1n) is 11.3. The van der Waals surface area contributed by atoms with Gasteiger partial charge in [-0.15, -0.1) is 0 Å². The molecule has 1 fully saturated rings. The molecule has 154 valence electrons. The molecule has 0 radical (unpaired) electrons. The Morgan fingerprint density at radius 2 is 1.62 bits per heavy atom. The summed E-state index contributed by atoms with van der Waals surface area (Å²) in [5, 5.41) is 0. The predicted octanol–water partition coefficient (Wildman–Crippen LogP) is 7.79. The van der Waals surface area contributed by atoms with E-state index in [1.165, 1.54) is 44.1 Å². The standard InChI is InChI=1S/C27H34O2/c1-3-5-6-8-22-11-19-26(20-12-22)29-27(28)25-17-15-24(16-18-25)23-13-9-21(7-4-2)10-14-23/h6,8,11-12,15-21,23H,3-5,7,9-10,13-14H2,1-2H3/b8-6+. The first kappa shape index (κ1) is 21.4. The Bertz CT molecular complexity index is 778. The van der Waals surface area contributed by atoms with Crippen LogP contribution in [-0.2, 0) is 0 Å². The minimum atomic E-state index is -0.294. The normalized spacial score (nSPS) is 19.4. The van der Waals surface area contributed by atoms with E-state index in [1.807, 2.05) is 36.4 Å². The third-order valence-corrected chi connectivity index (χ3v) is 6.02. The Hall–Kier alpha value is -2.35. The zero-order valence-electron chi connectivity index (χ0n) is 17.9. The van der Waals surface area contributed by atoms with Gasteiger partial charge >= 0.3 is 5.97 Å². The van der Waals surface area contributed by atoms with Crippen molar-refractivity contribution in [2.24, 2.45) is 5.92 Å². The van der Waals surface area contributed by atoms with Crippen molar-refractivity contribution in [2.75, 3.05) is 0 Å². The first-order valence-corrected chi connectivity index (χ1v) is 11.3. The Labute approximate surface area is 176 Å². The Morgan fingerprint density at radius 3 is 2.24 bits per heavy atom. The lowest BCUT2D eigenvalue weighted by Crippen LogP contribution is -2.13. The van der Waals surface area contributed by atoms with Gasteiger partial charge in [0.15, 0.2) is 0 Å². The average Bonchev–Trinajstić information content (AvgIpc) is 2.76. The van der Waals surface area contributed by atoms with E-state index in [-0.39, 0.29) is 5.97 Å². The molecule has 0 saturated heterocycles. The number of unbranched alkanes of at least 4 members (excludes halogenated alkanes) is 1. The van der Waals surface area contributed by atoms with Gasteiger partial charge in [-0.2, -0.15) is 0 Å². The first-order chi connectivity index (χ1) is 14.2. The molecule has 1 aliphatic rings. The molecule has 2 aromatic rings. The van der Waals surface area contributed by atoms with Crippen molar-refractivity contribution < 1.29 is 9.53 Å². The molecule has 0 bridgehead atoms. The minimum absolute atomic E-state index is 0.294. The van der Waals surface area contributed by atoms with Gasteiger partial charge in [-0.25, -0.2) is 4.79 Å². The van der Waals surface area contributed by atoms with Gasteiger partial charge < -0.3 is 4.74 Å². The summed E-state index contributed by atoms with van der Waals surface area (Å²) in [6.07, 6.45) is 14.4. The molecule has 2 heteroatoms. The summed E-state index contributed by atoms with van der Waals surface area (Å²) in [6.45, 7) is 4.44. The van der Waals surface area contributed by atoms with Crippen molar-refractivity contribution in [3.8, 4) is 5.75 Å². The van der Waals surface area contributed by atoms with E-state index in [2.05, 4.69) is 38.1 Å². The highest BCUT2D eigenvalue weighted by atomic mass is 16.5. The van der Waals surface area contributed by atoms with Gasteiger partial charge in [0.05, 0.1) is 5.56 Å². The molecule has 3 rings (SSSR count). The van der Waals surface area contributed by atoms with Crippen LogP contribution >= 0.6 is 0 Å². The van der Waals surface area contributed by atoms with Crippen LogP contribution in [-0.4, -0.2) is 5.97 Å². The van der Waals surface area contributed by atoms with Crippen molar-refractivity contribution in [1.29, 1.82) is 0 Å². The van der Waals surface area contributed by atoms with E-state index in [0.29, 0.717) is 17.2 Å². The number of carbonyl (C=O) groups excluding carboxylic acids is 1. The smallest absolute Gasteiger partial charge is 0.343 e. The molecular formula is C27H34O2. The number of rotatable bonds is 8. The molecule has 0 aromatic heterocycles. The SMILES string of the molecule is CCC/C=C/c1ccc(OC(=O)c2ccc(C3CCC(CCC)CC3)cc2)cc1. The third-order valence-electron chi connectivity index (χ3n) is 6.02. The Balaban J connectivity index is 1.54. The number of allylic oxidation sites excluding steroid dienone is 1. The van der Waals surface area contributed by atoms with Crippen LogP contribution in [0.3, 0.4) is 0 Å². The van der Waals surface area contributed by atoms with E-state index in [0.717, 1.165) is 24.3 Å². The van der Waals surface area contributed by atoms with Crippen LogP contribution in [0.2, 0.25) is 0 Å². The molecule has 0 heterocycles. The summed E-state index contributed by atoms with van der Waals surface area (Å²) in [7, 11) is 0. The zero-order valence-corrected chi connectivity index (χ0v) is 17.9. The van der Waals surface area contributed by atoms with E-state index >= 15 is 0 Å². The molecule has 1 saturated carbocycles. The summed E-state index contributed by atoms with van der Waals surface area (Å²) in [6, 6.07) is 15.7. The highest BCUT2D eigenvalue weighted by Gasteiger charge is 2.22. The van der Waals surface area contributed by atoms with E-state index in [9.17, 15) is 4.79 Å². The molecule has 2 aromatic carbocycles. The molecule has 29 heavy (non-hydrogen) atoms. The lowest BCUT2D eigenvalue weighted by atomic mass is 9.77. The predicted molar refractivity (Wildman–Crippen MR) is 121 cm³/mol. The highest BCUT2D eigenvalue weighted by molar-refractivity contribution is 5.91. The quantitative estimate of drug-likeness (QED) is 0.339. The van der Waals surface area contributed by atoms with Crippen LogP contribution in [0.1, 0.15) is 92.6 Å². The topological polar surface area (TPSA) is 26.3 Å². The maximum absolute atomic E-state index is 12.5. The van der Waals surface area contributed by atoms with Gasteiger partial charge in [0.1, 0.15) is 5.75 Å². The summed E-state index contributed by atoms with van der Waals surface area (Å²) >= 11 is 0. The summed E-state index contributed by atoms with van der Waals surface area (Å²) in [4.78, 5) is 12.5. The van der Waals surface area contributed by atoms with Crippen LogP contribution in [0.4, 0.5) is 0 Å². The van der Waals surface area contributed by atoms with Crippen molar-refractivity contribution in [3.63, 3.8) is 0 Å². The second-order valence-corrected chi connectivity index (χ2v) is 8.28. The molecular weight excluding hydrogens is 356 g/mol. The lowest BCUT2D eigenvalue weighted by Gasteiger charge is -2.28. The maximum Gasteiger partial charge on any atom is 0.343 e. The number of hydrogen-bond donors (Lipinski definition) is 0. The third kappa shape index (κ3) is 6.32. The van der Waals surface area contributed by atoms with Crippen LogP contribution < -0.4 is 4.74 Å². The largest absolute Gasteiger partial charge is 0.423 e. The van der Waals surface area contributed by atoms with E-state index in [1.54, 1.807) is 0 Å². The van der Waals surface area contributed by atoms with Crippen LogP contribution in [0.15, 0.2) is 54.6 Å². The monoisotopic (exact) mass is 390 g/mol. The lowest BCUT2D eigenvalue weighted by molar-refractivity contribution is 0.0734. The fourth-order valence-corrected chi connectivity index (χ4v) is 4.28. The number of esters is 1. The fraction of sp³-hybridized carbons (Fsp3) is 0.444. The highest BCUT2D eigenvalue weighted by Crippen LogP contribution is 2.37. The van der Waals surface area contributed by atoms with Crippen molar-refractivity contribution in [2.45, 2.75) is 71.1 Å². The molecule has 1 aliphatic carbocycles. The molecule has 0 atom stereocenters. The molecule has 0 aliphatic heterocycles. The van der Waals surface area contributed by atoms with Crippen molar-refractivity contribution in [3.05, 3.63) is 71.3 Å². The van der Waals surface area contributed by atoms with Crippen LogP contribution in [0.25, 0.3) is 6.08 Å². The minimum Gasteiger partial charge on any atom is -0.423 e. The summed E-state index contributed by atoms with van der Waals surface area (Å²) < 4.78 is 5.54. The zero-order chi connectivity index (χ0) is 20.5. The summed E-state index contributed by atoms with van der Waals surface area (Å²) in [5.74, 6) is 1.85. The molecule has 0 amide bonds. The van der Waals surface area contributed by atoms with Gasteiger partial charge in [-0.1, -0.05) is 69.5 Å². The average molecular weight is 391 g/mol. The molecule has 0 spiro atoms. The van der Waals surface area contributed by atoms with Crippen molar-refractivity contribution in [1.82, 2.24) is 0 Å². The fourth-order valence-electron chi connectivity index (χ4n) is 4.28. The number of benzene rings is 2. The number of ether oxygens (including phenoxy) is 1. The second kappa shape index (κ2) is 11.0. The Morgan fingerprint density at radius 1 is 0.931 bits per heavy atom. The van der Waals surface area contributed by atoms with Crippen LogP contribution in [0, 0.1) is 5.92 Å². The van der Waals surface area contributed by atoms with Gasteiger partial charge in [-0.3, -0.25) is 0 Å². The van der Waals surface area contributed by atoms with Crippen molar-refractivity contribution >= 4 is 12.0 Å². The number of hydrogen-bond acceptors (Lipinski definition) is 2. The van der Waals surface area contributed by atoms with Gasteiger partial charge in [-0.05, 0) is 79.3 Å². The summed E-state index contributed by atoms with van der Waals surface area (Å²) in [5.41, 5.74) is 3.09. The molecule has 0 N–H and O–H groups in total. The maximum atomic E-state index is 12.5. The van der Waals surface area contributed by atoms with Gasteiger partial charge in [0.2, 0.25) is 0 Å². The number of carbonyl (C=O) groups is 1.